The first kappa shape index (κ1) is 5.97. The molecule has 2 bridgehead atoms. The third-order valence-corrected chi connectivity index (χ3v) is 2.75. The van der Waals surface area contributed by atoms with Crippen molar-refractivity contribution in [2.75, 3.05) is 0 Å². The topological polar surface area (TPSA) is 55.8 Å². The lowest BCUT2D eigenvalue weighted by Crippen LogP contribution is -2.28. The summed E-state index contributed by atoms with van der Waals surface area (Å²) in [5, 5.41) is 9.59. The van der Waals surface area contributed by atoms with Gasteiger partial charge in [0.05, 0.1) is 5.92 Å². The van der Waals surface area contributed by atoms with Gasteiger partial charge in [0.25, 0.3) is 0 Å². The monoisotopic (exact) mass is 156 g/mol. The summed E-state index contributed by atoms with van der Waals surface area (Å²) in [4.78, 5) is 11.0. The zero-order chi connectivity index (χ0) is 7.64. The van der Waals surface area contributed by atoms with E-state index < -0.39 is 5.79 Å². The van der Waals surface area contributed by atoms with Crippen LogP contribution in [-0.2, 0) is 14.3 Å². The van der Waals surface area contributed by atoms with E-state index in [1.807, 2.05) is 0 Å². The Hall–Kier alpha value is -0.610. The molecule has 0 aromatic heterocycles. The minimum Gasteiger partial charge on any atom is -0.459 e. The molecule has 0 spiro atoms. The molecule has 4 unspecified atom stereocenters. The average Bonchev–Trinajstić information content (AvgIpc) is 2.41. The highest BCUT2D eigenvalue weighted by Crippen LogP contribution is 2.51. The van der Waals surface area contributed by atoms with E-state index >= 15 is 0 Å². The van der Waals surface area contributed by atoms with Crippen molar-refractivity contribution in [2.45, 2.75) is 30.8 Å². The molecule has 11 heavy (non-hydrogen) atoms. The van der Waals surface area contributed by atoms with Crippen LogP contribution in [0.1, 0.15) is 12.8 Å². The number of carbonyl (C=O) groups excluding carboxylic acids is 1. The Balaban J connectivity index is 2.06. The molecule has 3 rings (SSSR count). The number of hydrogen-bond donors (Lipinski definition) is 1. The van der Waals surface area contributed by atoms with E-state index in [2.05, 4.69) is 0 Å². The maximum Gasteiger partial charge on any atom is 0.312 e. The van der Waals surface area contributed by atoms with Gasteiger partial charge in [-0.25, -0.2) is 0 Å². The fraction of sp³-hybridized carbons (Fsp3) is 0.857. The van der Waals surface area contributed by atoms with Crippen LogP contribution in [0.15, 0.2) is 0 Å². The minimum absolute atomic E-state index is 0.160. The SMILES string of the molecule is O=C1OC2CC3(O)CC1C2O3. The fourth-order valence-electron chi connectivity index (χ4n) is 2.30. The normalized spacial score (nSPS) is 58.6. The van der Waals surface area contributed by atoms with Crippen molar-refractivity contribution < 1.29 is 19.4 Å². The van der Waals surface area contributed by atoms with Crippen LogP contribution in [0.4, 0.5) is 0 Å². The Morgan fingerprint density at radius 3 is 2.91 bits per heavy atom. The molecule has 0 aromatic carbocycles. The van der Waals surface area contributed by atoms with E-state index in [-0.39, 0.29) is 24.1 Å². The van der Waals surface area contributed by atoms with Crippen LogP contribution in [0.5, 0.6) is 0 Å². The molecule has 3 heterocycles. The molecule has 3 aliphatic rings. The Morgan fingerprint density at radius 2 is 2.36 bits per heavy atom. The molecular weight excluding hydrogens is 148 g/mol. The van der Waals surface area contributed by atoms with E-state index in [9.17, 15) is 9.90 Å². The fourth-order valence-corrected chi connectivity index (χ4v) is 2.30. The number of ether oxygens (including phenoxy) is 2. The predicted octanol–water partition coefficient (Wildman–Crippen LogP) is -0.591. The number of fused-ring (bicyclic) bond motifs is 1. The number of rotatable bonds is 0. The number of hydrogen-bond acceptors (Lipinski definition) is 4. The summed E-state index contributed by atoms with van der Waals surface area (Å²) in [7, 11) is 0. The Morgan fingerprint density at radius 1 is 1.55 bits per heavy atom. The summed E-state index contributed by atoms with van der Waals surface area (Å²) >= 11 is 0. The molecule has 3 saturated heterocycles. The van der Waals surface area contributed by atoms with E-state index in [1.165, 1.54) is 0 Å². The highest BCUT2D eigenvalue weighted by atomic mass is 16.7. The van der Waals surface area contributed by atoms with Gasteiger partial charge in [-0.3, -0.25) is 4.79 Å². The molecule has 0 radical (unpaired) electrons. The molecule has 0 amide bonds. The number of esters is 1. The highest BCUT2D eigenvalue weighted by molar-refractivity contribution is 5.77. The van der Waals surface area contributed by atoms with E-state index in [1.54, 1.807) is 0 Å². The quantitative estimate of drug-likeness (QED) is 0.476. The van der Waals surface area contributed by atoms with Gasteiger partial charge in [-0.05, 0) is 0 Å². The van der Waals surface area contributed by atoms with Gasteiger partial charge in [-0.1, -0.05) is 0 Å². The molecule has 0 aromatic rings. The maximum absolute atomic E-state index is 11.0. The summed E-state index contributed by atoms with van der Waals surface area (Å²) in [5.41, 5.74) is 0. The second kappa shape index (κ2) is 1.44. The van der Waals surface area contributed by atoms with E-state index in [0.717, 1.165) is 0 Å². The molecule has 1 N–H and O–H groups in total. The molecule has 60 valence electrons. The van der Waals surface area contributed by atoms with E-state index in [4.69, 9.17) is 9.47 Å². The van der Waals surface area contributed by atoms with Crippen LogP contribution >= 0.6 is 0 Å². The molecule has 0 saturated carbocycles. The van der Waals surface area contributed by atoms with Gasteiger partial charge in [0.15, 0.2) is 5.79 Å². The Kier molecular flexibility index (Phi) is 0.784. The summed E-state index contributed by atoms with van der Waals surface area (Å²) in [5.74, 6) is -1.45. The third kappa shape index (κ3) is 0.555. The van der Waals surface area contributed by atoms with Crippen LogP contribution in [0, 0.1) is 5.92 Å². The van der Waals surface area contributed by atoms with Crippen molar-refractivity contribution in [3.8, 4) is 0 Å². The minimum atomic E-state index is -1.05. The molecule has 3 fully saturated rings. The molecule has 0 aliphatic carbocycles. The maximum atomic E-state index is 11.0. The summed E-state index contributed by atoms with van der Waals surface area (Å²) in [6.07, 6.45) is 0.547. The lowest BCUT2D eigenvalue weighted by atomic mass is 9.88. The lowest BCUT2D eigenvalue weighted by Gasteiger charge is -2.16. The van der Waals surface area contributed by atoms with Gasteiger partial charge >= 0.3 is 5.97 Å². The second-order valence-electron chi connectivity index (χ2n) is 3.52. The predicted molar refractivity (Wildman–Crippen MR) is 32.4 cm³/mol. The first-order valence-corrected chi connectivity index (χ1v) is 3.79. The standard InChI is InChI=1S/C7H8O4/c8-6-3-1-7(9)2-4(10-6)5(3)11-7/h3-5,9H,1-2H2. The summed E-state index contributed by atoms with van der Waals surface area (Å²) in [6.45, 7) is 0. The van der Waals surface area contributed by atoms with Crippen LogP contribution in [0.3, 0.4) is 0 Å². The van der Waals surface area contributed by atoms with Crippen molar-refractivity contribution in [1.82, 2.24) is 0 Å². The average molecular weight is 156 g/mol. The van der Waals surface area contributed by atoms with Gasteiger partial charge in [-0.15, -0.1) is 0 Å². The summed E-state index contributed by atoms with van der Waals surface area (Å²) < 4.78 is 10.2. The number of carbonyl (C=O) groups is 1. The van der Waals surface area contributed by atoms with Crippen molar-refractivity contribution in [3.05, 3.63) is 0 Å². The van der Waals surface area contributed by atoms with Gasteiger partial charge in [0, 0.05) is 12.8 Å². The van der Waals surface area contributed by atoms with Gasteiger partial charge in [-0.2, -0.15) is 0 Å². The van der Waals surface area contributed by atoms with Crippen LogP contribution in [-0.4, -0.2) is 29.1 Å². The molecule has 3 aliphatic heterocycles. The molecule has 4 heteroatoms. The van der Waals surface area contributed by atoms with Crippen molar-refractivity contribution in [2.24, 2.45) is 5.92 Å². The van der Waals surface area contributed by atoms with E-state index in [0.29, 0.717) is 12.8 Å². The van der Waals surface area contributed by atoms with Crippen LogP contribution < -0.4 is 0 Å². The number of aliphatic hydroxyl groups is 1. The second-order valence-corrected chi connectivity index (χ2v) is 3.52. The first-order valence-electron chi connectivity index (χ1n) is 3.79. The van der Waals surface area contributed by atoms with Crippen molar-refractivity contribution in [1.29, 1.82) is 0 Å². The Bertz CT molecular complexity index is 235. The van der Waals surface area contributed by atoms with Gasteiger partial charge in [0.1, 0.15) is 12.2 Å². The zero-order valence-electron chi connectivity index (χ0n) is 5.82. The smallest absolute Gasteiger partial charge is 0.312 e. The van der Waals surface area contributed by atoms with Gasteiger partial charge < -0.3 is 14.6 Å². The zero-order valence-corrected chi connectivity index (χ0v) is 5.82. The lowest BCUT2D eigenvalue weighted by molar-refractivity contribution is -0.156. The summed E-state index contributed by atoms with van der Waals surface area (Å²) in [6, 6.07) is 0. The molecular formula is C7H8O4. The molecule has 4 atom stereocenters. The van der Waals surface area contributed by atoms with Crippen molar-refractivity contribution in [3.63, 3.8) is 0 Å². The van der Waals surface area contributed by atoms with Crippen LogP contribution in [0.25, 0.3) is 0 Å². The van der Waals surface area contributed by atoms with Crippen molar-refractivity contribution >= 4 is 5.97 Å². The highest BCUT2D eigenvalue weighted by Gasteiger charge is 2.64. The molecule has 4 nitrogen and oxygen atoms in total. The van der Waals surface area contributed by atoms with Gasteiger partial charge in [0.2, 0.25) is 0 Å². The largest absolute Gasteiger partial charge is 0.459 e. The first-order chi connectivity index (χ1) is 5.18. The Labute approximate surface area is 63.1 Å². The van der Waals surface area contributed by atoms with Crippen LogP contribution in [0.2, 0.25) is 0 Å². The third-order valence-electron chi connectivity index (χ3n) is 2.75.